The van der Waals surface area contributed by atoms with E-state index in [9.17, 15) is 4.79 Å². The highest BCUT2D eigenvalue weighted by Gasteiger charge is 2.25. The fourth-order valence-electron chi connectivity index (χ4n) is 0.995. The van der Waals surface area contributed by atoms with Gasteiger partial charge in [0.25, 0.3) is 0 Å². The highest BCUT2D eigenvalue weighted by molar-refractivity contribution is 5.73. The van der Waals surface area contributed by atoms with Gasteiger partial charge in [-0.05, 0) is 33.2 Å². The lowest BCUT2D eigenvalue weighted by Crippen LogP contribution is -2.23. The first-order chi connectivity index (χ1) is 5.50. The zero-order valence-electron chi connectivity index (χ0n) is 7.97. The average molecular weight is 173 g/mol. The molecule has 3 N–H and O–H groups in total. The molecule has 0 spiro atoms. The van der Waals surface area contributed by atoms with Crippen molar-refractivity contribution in [3.8, 4) is 0 Å². The average Bonchev–Trinajstić information content (AvgIpc) is 1.98. The lowest BCUT2D eigenvalue weighted by Gasteiger charge is -2.18. The number of rotatable bonds is 6. The van der Waals surface area contributed by atoms with Crippen LogP contribution >= 0.6 is 0 Å². The fourth-order valence-corrected chi connectivity index (χ4v) is 0.995. The van der Waals surface area contributed by atoms with Gasteiger partial charge in [0.15, 0.2) is 0 Å². The molecule has 3 nitrogen and oxygen atoms in total. The van der Waals surface area contributed by atoms with Gasteiger partial charge in [-0.15, -0.1) is 0 Å². The summed E-state index contributed by atoms with van der Waals surface area (Å²) in [6.07, 6.45) is 3.72. The van der Waals surface area contributed by atoms with Crippen LogP contribution in [0.25, 0.3) is 0 Å². The Hall–Kier alpha value is -0.570. The van der Waals surface area contributed by atoms with Crippen LogP contribution in [0.1, 0.15) is 39.5 Å². The van der Waals surface area contributed by atoms with Crippen LogP contribution in [0.15, 0.2) is 0 Å². The standard InChI is InChI=1S/C9H19NO2/c1-9(2,8(11)12)6-4-3-5-7-10/h3-7,10H2,1-2H3,(H,11,12). The van der Waals surface area contributed by atoms with Crippen LogP contribution in [0, 0.1) is 5.41 Å². The summed E-state index contributed by atoms with van der Waals surface area (Å²) in [5.41, 5.74) is 4.75. The van der Waals surface area contributed by atoms with Crippen molar-refractivity contribution in [1.82, 2.24) is 0 Å². The van der Waals surface area contributed by atoms with E-state index in [1.165, 1.54) is 0 Å². The maximum Gasteiger partial charge on any atom is 0.309 e. The summed E-state index contributed by atoms with van der Waals surface area (Å²) >= 11 is 0. The number of carboxylic acids is 1. The normalized spacial score (nSPS) is 11.6. The van der Waals surface area contributed by atoms with Crippen molar-refractivity contribution in [3.63, 3.8) is 0 Å². The largest absolute Gasteiger partial charge is 0.481 e. The van der Waals surface area contributed by atoms with Gasteiger partial charge in [0.1, 0.15) is 0 Å². The second-order valence-corrected chi connectivity index (χ2v) is 3.79. The summed E-state index contributed by atoms with van der Waals surface area (Å²) in [5, 5.41) is 8.77. The molecule has 0 aliphatic rings. The molecule has 0 aliphatic carbocycles. The molecule has 0 saturated heterocycles. The zero-order valence-corrected chi connectivity index (χ0v) is 7.97. The molecule has 12 heavy (non-hydrogen) atoms. The van der Waals surface area contributed by atoms with E-state index in [2.05, 4.69) is 0 Å². The maximum atomic E-state index is 10.7. The quantitative estimate of drug-likeness (QED) is 0.600. The number of carboxylic acid groups (broad SMARTS) is 1. The van der Waals surface area contributed by atoms with Gasteiger partial charge >= 0.3 is 5.97 Å². The second kappa shape index (κ2) is 5.14. The van der Waals surface area contributed by atoms with Crippen LogP contribution in [0.4, 0.5) is 0 Å². The Balaban J connectivity index is 3.54. The Bertz CT molecular complexity index is 143. The van der Waals surface area contributed by atoms with Gasteiger partial charge < -0.3 is 10.8 Å². The number of carbonyl (C=O) groups is 1. The molecule has 0 aromatic rings. The zero-order chi connectivity index (χ0) is 9.61. The molecule has 0 aromatic carbocycles. The number of aliphatic carboxylic acids is 1. The Morgan fingerprint density at radius 3 is 2.33 bits per heavy atom. The van der Waals surface area contributed by atoms with Crippen molar-refractivity contribution < 1.29 is 9.90 Å². The fraction of sp³-hybridized carbons (Fsp3) is 0.889. The van der Waals surface area contributed by atoms with Crippen LogP contribution < -0.4 is 5.73 Å². The van der Waals surface area contributed by atoms with E-state index in [4.69, 9.17) is 10.8 Å². The van der Waals surface area contributed by atoms with Gasteiger partial charge in [-0.2, -0.15) is 0 Å². The van der Waals surface area contributed by atoms with Crippen molar-refractivity contribution in [1.29, 1.82) is 0 Å². The van der Waals surface area contributed by atoms with E-state index >= 15 is 0 Å². The third-order valence-corrected chi connectivity index (χ3v) is 2.08. The third kappa shape index (κ3) is 4.34. The number of nitrogens with two attached hydrogens (primary N) is 1. The van der Waals surface area contributed by atoms with Crippen molar-refractivity contribution in [2.24, 2.45) is 11.1 Å². The molecular weight excluding hydrogens is 154 g/mol. The Labute approximate surface area is 74.0 Å². The minimum absolute atomic E-state index is 0.575. The van der Waals surface area contributed by atoms with Crippen molar-refractivity contribution >= 4 is 5.97 Å². The topological polar surface area (TPSA) is 63.3 Å². The Morgan fingerprint density at radius 2 is 1.92 bits per heavy atom. The van der Waals surface area contributed by atoms with E-state index in [1.807, 2.05) is 0 Å². The molecule has 0 saturated carbocycles. The molecule has 0 atom stereocenters. The van der Waals surface area contributed by atoms with Crippen molar-refractivity contribution in [3.05, 3.63) is 0 Å². The second-order valence-electron chi connectivity index (χ2n) is 3.79. The van der Waals surface area contributed by atoms with Gasteiger partial charge in [0, 0.05) is 0 Å². The van der Waals surface area contributed by atoms with Crippen LogP contribution in [0.2, 0.25) is 0 Å². The van der Waals surface area contributed by atoms with E-state index in [0.717, 1.165) is 25.7 Å². The summed E-state index contributed by atoms with van der Waals surface area (Å²) in [6, 6.07) is 0. The molecule has 0 radical (unpaired) electrons. The predicted molar refractivity (Wildman–Crippen MR) is 48.9 cm³/mol. The van der Waals surface area contributed by atoms with E-state index < -0.39 is 11.4 Å². The Kier molecular flexibility index (Phi) is 4.90. The first kappa shape index (κ1) is 11.4. The summed E-state index contributed by atoms with van der Waals surface area (Å²) in [7, 11) is 0. The van der Waals surface area contributed by atoms with Crippen LogP contribution in [0.5, 0.6) is 0 Å². The van der Waals surface area contributed by atoms with E-state index in [-0.39, 0.29) is 0 Å². The number of unbranched alkanes of at least 4 members (excludes halogenated alkanes) is 2. The molecule has 3 heteroatoms. The van der Waals surface area contributed by atoms with E-state index in [1.54, 1.807) is 13.8 Å². The predicted octanol–water partition coefficient (Wildman–Crippen LogP) is 1.62. The first-order valence-electron chi connectivity index (χ1n) is 4.44. The minimum atomic E-state index is -0.713. The molecule has 0 amide bonds. The summed E-state index contributed by atoms with van der Waals surface area (Å²) < 4.78 is 0. The molecule has 0 aromatic heterocycles. The van der Waals surface area contributed by atoms with Gasteiger partial charge in [-0.1, -0.05) is 12.8 Å². The molecular formula is C9H19NO2. The highest BCUT2D eigenvalue weighted by Crippen LogP contribution is 2.23. The molecule has 0 heterocycles. The molecule has 72 valence electrons. The maximum absolute atomic E-state index is 10.7. The number of hydrogen-bond acceptors (Lipinski definition) is 2. The first-order valence-corrected chi connectivity index (χ1v) is 4.44. The SMILES string of the molecule is CC(C)(CCCCCN)C(=O)O. The van der Waals surface area contributed by atoms with Crippen LogP contribution in [-0.4, -0.2) is 17.6 Å². The van der Waals surface area contributed by atoms with Gasteiger partial charge in [0.2, 0.25) is 0 Å². The third-order valence-electron chi connectivity index (χ3n) is 2.08. The van der Waals surface area contributed by atoms with E-state index in [0.29, 0.717) is 6.54 Å². The smallest absolute Gasteiger partial charge is 0.309 e. The minimum Gasteiger partial charge on any atom is -0.481 e. The lowest BCUT2D eigenvalue weighted by atomic mass is 9.87. The summed E-state index contributed by atoms with van der Waals surface area (Å²) in [4.78, 5) is 10.7. The van der Waals surface area contributed by atoms with Gasteiger partial charge in [-0.3, -0.25) is 4.79 Å². The summed E-state index contributed by atoms with van der Waals surface area (Å²) in [6.45, 7) is 4.23. The van der Waals surface area contributed by atoms with Crippen molar-refractivity contribution in [2.75, 3.05) is 6.54 Å². The monoisotopic (exact) mass is 173 g/mol. The highest BCUT2D eigenvalue weighted by atomic mass is 16.4. The van der Waals surface area contributed by atoms with Gasteiger partial charge in [-0.25, -0.2) is 0 Å². The molecule has 0 aliphatic heterocycles. The van der Waals surface area contributed by atoms with Crippen LogP contribution in [0.3, 0.4) is 0 Å². The van der Waals surface area contributed by atoms with Gasteiger partial charge in [0.05, 0.1) is 5.41 Å². The number of hydrogen-bond donors (Lipinski definition) is 2. The molecule has 0 rings (SSSR count). The molecule has 0 fully saturated rings. The van der Waals surface area contributed by atoms with Crippen molar-refractivity contribution in [2.45, 2.75) is 39.5 Å². The molecule has 0 unspecified atom stereocenters. The Morgan fingerprint density at radius 1 is 1.33 bits per heavy atom. The lowest BCUT2D eigenvalue weighted by molar-refractivity contribution is -0.147. The molecule has 0 bridgehead atoms. The van der Waals surface area contributed by atoms with Crippen LogP contribution in [-0.2, 0) is 4.79 Å². The summed E-state index contributed by atoms with van der Waals surface area (Å²) in [5.74, 6) is -0.713.